The quantitative estimate of drug-likeness (QED) is 0.0181. The van der Waals surface area contributed by atoms with Gasteiger partial charge in [-0.3, -0.25) is 22.4 Å². The molecule has 0 amide bonds. The van der Waals surface area contributed by atoms with E-state index in [-0.39, 0.29) is 140 Å². The molecule has 12 N–H and O–H groups in total. The Hall–Kier alpha value is -14.4. The lowest BCUT2D eigenvalue weighted by Crippen LogP contribution is -3.00. The Morgan fingerprint density at radius 1 is 0.208 bits per heavy atom. The van der Waals surface area contributed by atoms with Crippen molar-refractivity contribution in [3.63, 3.8) is 0 Å². The highest BCUT2D eigenvalue weighted by Gasteiger charge is 2.23. The van der Waals surface area contributed by atoms with Crippen LogP contribution in [0.5, 0.6) is 28.7 Å². The highest BCUT2D eigenvalue weighted by molar-refractivity contribution is 6.33. The molecule has 18 aromatic rings. The number of halogens is 11. The van der Waals surface area contributed by atoms with Crippen LogP contribution in [-0.4, -0.2) is 176 Å². The Labute approximate surface area is 920 Å². The van der Waals surface area contributed by atoms with Gasteiger partial charge in [-0.05, 0) is 309 Å². The minimum atomic E-state index is 0. The van der Waals surface area contributed by atoms with Crippen molar-refractivity contribution in [2.75, 3.05) is 133 Å². The van der Waals surface area contributed by atoms with Crippen molar-refractivity contribution in [1.29, 1.82) is 0 Å². The van der Waals surface area contributed by atoms with Crippen molar-refractivity contribution in [1.82, 2.24) is 67.3 Å². The number of nitrogens with zero attached hydrogens (tertiary/aromatic N) is 24. The molecule has 34 nitrogen and oxygen atoms in total. The Bertz CT molecular complexity index is 7540. The molecule has 3 heterocycles. The van der Waals surface area contributed by atoms with Crippen LogP contribution in [0.3, 0.4) is 0 Å². The predicted molar refractivity (Wildman–Crippen MR) is 587 cm³/mol. The lowest BCUT2D eigenvalue weighted by atomic mass is 10.1. The van der Waals surface area contributed by atoms with Crippen molar-refractivity contribution in [2.45, 2.75) is 0 Å². The summed E-state index contributed by atoms with van der Waals surface area (Å²) in [5.74, 6) is 1.11. The summed E-state index contributed by atoms with van der Waals surface area (Å²) in [5, 5.41) is 114. The van der Waals surface area contributed by atoms with E-state index >= 15 is 0 Å². The first kappa shape index (κ1) is 118. The first-order valence-electron chi connectivity index (χ1n) is 44.3. The maximum Gasteiger partial charge on any atom is 0.233 e. The van der Waals surface area contributed by atoms with Crippen molar-refractivity contribution in [2.24, 2.45) is 51.1 Å². The maximum absolute atomic E-state index is 10.6. The number of rotatable bonds is 21. The summed E-state index contributed by atoms with van der Waals surface area (Å²) in [6, 6.07) is 84.0. The normalized spacial score (nSPS) is 11.6. The maximum atomic E-state index is 10.6. The SMILES string of the molecule is C[N+](C)(C)c1ccc2ccc(O)c(N=Nc3ccc(N)cc3)c2c1.C[N+](C)(C)c1ccc2ccc(O)c(N=Nc3ccc(N)cc3)c2c1.C[N+](C)(C)c1ccc2ccc(O)c(N=Nc3ccc(Nc4nc(Cl)nc(Cl)n4)cc3)c2c1.C[N+](C)(C)c1ccc2ccc(O)c(N=Nc3ccc(Nc4nc(Cl)nc(Nc5ccc(N=Nc6c(O)ccc7ccc([N+](C)(C)C)cc67)cc5)n4)cc3)c2c1.Clc1nc(Cl)nc(Cl)n1.[Cl-].[Cl-].[Cl-].[Cl-].[Cl-]. The van der Waals surface area contributed by atoms with Gasteiger partial charge in [0.15, 0.2) is 0 Å². The van der Waals surface area contributed by atoms with Gasteiger partial charge in [-0.25, -0.2) is 0 Å². The third-order valence-corrected chi connectivity index (χ3v) is 22.9. The zero-order valence-corrected chi connectivity index (χ0v) is 91.1. The molecule has 0 saturated carbocycles. The van der Waals surface area contributed by atoms with Gasteiger partial charge in [0.1, 0.15) is 85.6 Å². The van der Waals surface area contributed by atoms with E-state index in [0.717, 1.165) is 82.3 Å². The number of azo groups is 5. The zero-order chi connectivity index (χ0) is 103. The predicted octanol–water partition coefficient (Wildman–Crippen LogP) is 13.7. The van der Waals surface area contributed by atoms with E-state index in [4.69, 9.17) is 81.1 Å². The minimum absolute atomic E-state index is 0. The van der Waals surface area contributed by atoms with Crippen LogP contribution in [-0.2, 0) is 0 Å². The zero-order valence-electron chi connectivity index (χ0n) is 82.8. The summed E-state index contributed by atoms with van der Waals surface area (Å²) in [6.45, 7) is 0. The number of hydrogen-bond acceptors (Lipinski definition) is 29. The number of nitrogen functional groups attached to an aromatic ring is 2. The smallest absolute Gasteiger partial charge is 0.233 e. The van der Waals surface area contributed by atoms with E-state index in [1.165, 1.54) is 0 Å². The summed E-state index contributed by atoms with van der Waals surface area (Å²) in [5.41, 5.74) is 25.6. The third kappa shape index (κ3) is 32.1. The fourth-order valence-electron chi connectivity index (χ4n) is 14.0. The molecule has 770 valence electrons. The summed E-state index contributed by atoms with van der Waals surface area (Å²) in [4.78, 5) is 34.9. The number of quaternary nitrogens is 5. The molecule has 45 heteroatoms. The van der Waals surface area contributed by atoms with E-state index in [1.807, 2.05) is 115 Å². The average molecular weight is 2230 g/mol. The molecule has 0 aliphatic heterocycles. The summed E-state index contributed by atoms with van der Waals surface area (Å²) < 4.78 is 3.26. The van der Waals surface area contributed by atoms with Crippen LogP contribution in [0.25, 0.3) is 53.9 Å². The van der Waals surface area contributed by atoms with Crippen LogP contribution in [0.4, 0.5) is 132 Å². The van der Waals surface area contributed by atoms with Crippen molar-refractivity contribution >= 4 is 255 Å². The van der Waals surface area contributed by atoms with Crippen LogP contribution < -0.4 is 112 Å². The number of nitrogens with one attached hydrogen (secondary N) is 3. The second-order valence-corrected chi connectivity index (χ2v) is 39.1. The van der Waals surface area contributed by atoms with Crippen molar-refractivity contribution in [3.8, 4) is 28.7 Å². The molecule has 0 unspecified atom stereocenters. The van der Waals surface area contributed by atoms with Gasteiger partial charge in [-0.15, -0.1) is 25.6 Å². The van der Waals surface area contributed by atoms with Gasteiger partial charge in [-0.2, -0.15) is 70.4 Å². The number of anilines is 8. The second kappa shape index (κ2) is 51.0. The Kier molecular flexibility index (Phi) is 40.5. The molecule has 0 bridgehead atoms. The molecule has 18 rings (SSSR count). The Morgan fingerprint density at radius 2 is 0.369 bits per heavy atom. The average Bonchev–Trinajstić information content (AvgIpc) is 0.799. The second-order valence-electron chi connectivity index (χ2n) is 37.0. The lowest BCUT2D eigenvalue weighted by Gasteiger charge is -2.23. The van der Waals surface area contributed by atoms with Crippen LogP contribution in [0.2, 0.25) is 31.7 Å². The number of benzene rings is 15. The minimum Gasteiger partial charge on any atom is -1.00 e. The molecule has 0 aliphatic rings. The Morgan fingerprint density at radius 3 is 0.557 bits per heavy atom. The van der Waals surface area contributed by atoms with E-state index in [0.29, 0.717) is 108 Å². The van der Waals surface area contributed by atoms with Crippen LogP contribution in [0.1, 0.15) is 0 Å². The molecule has 149 heavy (non-hydrogen) atoms. The number of hydrogen-bond donors (Lipinski definition) is 10. The van der Waals surface area contributed by atoms with Gasteiger partial charge in [-0.1, -0.05) is 30.3 Å². The van der Waals surface area contributed by atoms with E-state index < -0.39 is 0 Å². The number of aromatic hydroxyl groups is 5. The number of phenolic OH excluding ortho intramolecular Hbond substituents is 5. The van der Waals surface area contributed by atoms with Gasteiger partial charge in [0.2, 0.25) is 49.5 Å². The molecular weight excluding hydrogens is 2130 g/mol. The van der Waals surface area contributed by atoms with Crippen LogP contribution in [0.15, 0.2) is 324 Å². The molecule has 0 radical (unpaired) electrons. The molecule has 0 spiro atoms. The number of fused-ring (bicyclic) bond motifs is 5. The lowest BCUT2D eigenvalue weighted by molar-refractivity contribution is -0.00100. The molecule has 15 aromatic carbocycles. The number of nitrogens with two attached hydrogens (primary N) is 2. The van der Waals surface area contributed by atoms with E-state index in [9.17, 15) is 25.5 Å². The molecule has 0 fully saturated rings. The first-order chi connectivity index (χ1) is 68.2. The standard InChI is InChI=1S/C41H38ClN11O2.C22H19Cl2N7O.2C19H20N4O.C3Cl3N3.5ClH/c1-52(2,3)31-19-7-25-9-21-35(54)37(33(25)23-31)50-48-29-15-11-27(12-16-29)43-40-45-39(42)46-41(47-40)44-28-13-17-30(18-14-28)49-51-38-34-24-32(53(4,5)6)20-8-26(34)10-22-36(38)55;1-31(2,3)16-10-4-13-5-11-18(32)19(17(13)12-16)30-29-15-8-6-14(7-9-15)25-22-27-20(23)26-21(24)28-22;2*1-23(2,3)16-10-4-13-5-11-18(24)19(17(13)12-16)22-21-15-8-6-14(20)7-9-15;4-1-7-2(5)9-3(6)8-1;;;;;/h7-24H,1-6H3,(H2-2,43,44,45,46,47,48,49,50,51,54,55);4-12H,1-3H3,(H-,25,26,27,28,29,30,32);2*4-12H,1-3H3,(H2-,20,21,22,24);;5*1H. The first-order valence-corrected chi connectivity index (χ1v) is 46.5. The van der Waals surface area contributed by atoms with Crippen LogP contribution >= 0.6 is 69.6 Å². The fourth-order valence-corrected chi connectivity index (χ4v) is 15.1. The van der Waals surface area contributed by atoms with Gasteiger partial charge < -0.3 is 115 Å². The van der Waals surface area contributed by atoms with Crippen molar-refractivity contribution in [3.05, 3.63) is 305 Å². The summed E-state index contributed by atoms with van der Waals surface area (Å²) >= 11 is 33.8. The summed E-state index contributed by atoms with van der Waals surface area (Å²) in [6.07, 6.45) is 0. The van der Waals surface area contributed by atoms with E-state index in [2.05, 4.69) is 248 Å². The van der Waals surface area contributed by atoms with Gasteiger partial charge in [0, 0.05) is 85.7 Å². The molecule has 0 saturated heterocycles. The molecular formula is C104H102Cl11N29O5. The van der Waals surface area contributed by atoms with Gasteiger partial charge >= 0.3 is 0 Å². The van der Waals surface area contributed by atoms with Crippen molar-refractivity contribution < 1.29 is 87.6 Å². The molecule has 0 atom stereocenters. The molecule has 0 aliphatic carbocycles. The van der Waals surface area contributed by atoms with E-state index in [1.54, 1.807) is 127 Å². The Balaban J connectivity index is 0.000000224. The van der Waals surface area contributed by atoms with Crippen LogP contribution in [0, 0.1) is 0 Å². The highest BCUT2D eigenvalue weighted by atomic mass is 35.5. The third-order valence-electron chi connectivity index (χ3n) is 21.9. The summed E-state index contributed by atoms with van der Waals surface area (Å²) in [7, 11) is 31.3. The monoisotopic (exact) mass is 2220 g/mol. The highest BCUT2D eigenvalue weighted by Crippen LogP contribution is 2.46. The topological polar surface area (TPSA) is 429 Å². The van der Waals surface area contributed by atoms with Gasteiger partial charge in [0.25, 0.3) is 0 Å². The fraction of sp³-hybridized carbons (Fsp3) is 0.144. The number of phenols is 5. The largest absolute Gasteiger partial charge is 1.00 e. The molecule has 3 aromatic heterocycles. The van der Waals surface area contributed by atoms with Gasteiger partial charge in [0.05, 0.1) is 134 Å². The number of aromatic nitrogens is 9.